The summed E-state index contributed by atoms with van der Waals surface area (Å²) < 4.78 is 0. The van der Waals surface area contributed by atoms with Gasteiger partial charge in [0.2, 0.25) is 5.91 Å². The van der Waals surface area contributed by atoms with Gasteiger partial charge in [-0.05, 0) is 24.5 Å². The van der Waals surface area contributed by atoms with Gasteiger partial charge in [0.1, 0.15) is 0 Å². The highest BCUT2D eigenvalue weighted by atomic mass is 16.4. The van der Waals surface area contributed by atoms with Crippen molar-refractivity contribution < 1.29 is 14.7 Å². The van der Waals surface area contributed by atoms with E-state index in [9.17, 15) is 9.59 Å². The van der Waals surface area contributed by atoms with Crippen LogP contribution in [0.2, 0.25) is 0 Å². The summed E-state index contributed by atoms with van der Waals surface area (Å²) in [5.74, 6) is -1.06. The van der Waals surface area contributed by atoms with Crippen LogP contribution in [0.25, 0.3) is 0 Å². The lowest BCUT2D eigenvalue weighted by molar-refractivity contribution is -0.146. The third kappa shape index (κ3) is 2.24. The molecule has 1 atom stereocenters. The van der Waals surface area contributed by atoms with Crippen molar-refractivity contribution in [1.82, 2.24) is 4.90 Å². The number of nitrogens with one attached hydrogen (secondary N) is 1. The first-order valence-corrected chi connectivity index (χ1v) is 7.01. The second kappa shape index (κ2) is 5.15. The van der Waals surface area contributed by atoms with Crippen LogP contribution >= 0.6 is 0 Å². The predicted octanol–water partition coefficient (Wildman–Crippen LogP) is 1.52. The number of likely N-dealkylation sites (tertiary alicyclic amines) is 1. The van der Waals surface area contributed by atoms with Crippen molar-refractivity contribution in [2.24, 2.45) is 5.92 Å². The molecule has 2 aliphatic heterocycles. The number of rotatable bonds is 2. The minimum absolute atomic E-state index is 0.117. The normalized spacial score (nSPS) is 22.2. The second-order valence-electron chi connectivity index (χ2n) is 5.46. The van der Waals surface area contributed by atoms with Crippen molar-refractivity contribution in [3.63, 3.8) is 0 Å². The lowest BCUT2D eigenvalue weighted by Gasteiger charge is -2.32. The van der Waals surface area contributed by atoms with Gasteiger partial charge < -0.3 is 15.3 Å². The number of anilines is 1. The second-order valence-corrected chi connectivity index (χ2v) is 5.46. The lowest BCUT2D eigenvalue weighted by Crippen LogP contribution is -2.42. The summed E-state index contributed by atoms with van der Waals surface area (Å²) in [4.78, 5) is 25.3. The zero-order valence-corrected chi connectivity index (χ0v) is 11.2. The average Bonchev–Trinajstić information content (AvgIpc) is 2.90. The highest BCUT2D eigenvalue weighted by Gasteiger charge is 2.34. The molecule has 2 heterocycles. The molecule has 0 radical (unpaired) electrons. The molecule has 1 aromatic carbocycles. The third-order valence-corrected chi connectivity index (χ3v) is 4.29. The summed E-state index contributed by atoms with van der Waals surface area (Å²) in [7, 11) is 0. The molecule has 106 valence electrons. The highest BCUT2D eigenvalue weighted by molar-refractivity contribution is 5.88. The number of hydrogen-bond acceptors (Lipinski definition) is 3. The smallest absolute Gasteiger partial charge is 0.306 e. The molecule has 0 spiro atoms. The van der Waals surface area contributed by atoms with Gasteiger partial charge in [0, 0.05) is 25.3 Å². The first kappa shape index (κ1) is 13.0. The first-order valence-electron chi connectivity index (χ1n) is 7.01. The molecule has 2 aliphatic rings. The maximum absolute atomic E-state index is 12.6. The Morgan fingerprint density at radius 3 is 2.60 bits per heavy atom. The summed E-state index contributed by atoms with van der Waals surface area (Å²) in [6.45, 7) is 1.74. The summed E-state index contributed by atoms with van der Waals surface area (Å²) in [5.41, 5.74) is 2.09. The molecule has 1 saturated heterocycles. The van der Waals surface area contributed by atoms with Crippen LogP contribution in [-0.4, -0.2) is 41.5 Å². The largest absolute Gasteiger partial charge is 0.481 e. The molecule has 0 saturated carbocycles. The van der Waals surface area contributed by atoms with Gasteiger partial charge in [-0.25, -0.2) is 0 Å². The minimum atomic E-state index is -0.745. The number of piperidine rings is 1. The van der Waals surface area contributed by atoms with Gasteiger partial charge in [-0.1, -0.05) is 18.2 Å². The number of nitrogens with zero attached hydrogens (tertiary/aromatic N) is 1. The molecule has 0 aromatic heterocycles. The fraction of sp³-hybridized carbons (Fsp3) is 0.467. The topological polar surface area (TPSA) is 69.6 Å². The Balaban J connectivity index is 1.68. The fourth-order valence-electron chi connectivity index (χ4n) is 3.07. The van der Waals surface area contributed by atoms with Gasteiger partial charge in [-0.2, -0.15) is 0 Å². The van der Waals surface area contributed by atoms with Crippen LogP contribution in [0.1, 0.15) is 24.3 Å². The molecular formula is C15H18N2O3. The van der Waals surface area contributed by atoms with E-state index in [0.717, 1.165) is 11.3 Å². The number of carbonyl (C=O) groups is 2. The Hall–Kier alpha value is -2.04. The van der Waals surface area contributed by atoms with Gasteiger partial charge >= 0.3 is 5.97 Å². The van der Waals surface area contributed by atoms with Gasteiger partial charge in [-0.15, -0.1) is 0 Å². The number of benzene rings is 1. The summed E-state index contributed by atoms with van der Waals surface area (Å²) in [6, 6.07) is 7.88. The van der Waals surface area contributed by atoms with Crippen LogP contribution in [0.4, 0.5) is 5.69 Å². The molecule has 0 aliphatic carbocycles. The Morgan fingerprint density at radius 1 is 1.20 bits per heavy atom. The molecule has 5 nitrogen and oxygen atoms in total. The molecule has 2 N–H and O–H groups in total. The number of carboxylic acid groups (broad SMARTS) is 1. The van der Waals surface area contributed by atoms with E-state index < -0.39 is 5.97 Å². The van der Waals surface area contributed by atoms with Crippen molar-refractivity contribution in [1.29, 1.82) is 0 Å². The molecule has 1 amide bonds. The lowest BCUT2D eigenvalue weighted by atomic mass is 9.94. The Kier molecular flexibility index (Phi) is 3.34. The van der Waals surface area contributed by atoms with E-state index in [1.807, 2.05) is 29.2 Å². The summed E-state index contributed by atoms with van der Waals surface area (Å²) >= 11 is 0. The monoisotopic (exact) mass is 274 g/mol. The molecule has 20 heavy (non-hydrogen) atoms. The van der Waals surface area contributed by atoms with E-state index in [0.29, 0.717) is 32.5 Å². The van der Waals surface area contributed by atoms with E-state index in [-0.39, 0.29) is 17.7 Å². The van der Waals surface area contributed by atoms with Gasteiger partial charge in [0.15, 0.2) is 0 Å². The van der Waals surface area contributed by atoms with Crippen molar-refractivity contribution in [2.45, 2.75) is 18.8 Å². The molecule has 1 aromatic rings. The van der Waals surface area contributed by atoms with Crippen LogP contribution in [0.3, 0.4) is 0 Å². The van der Waals surface area contributed by atoms with Gasteiger partial charge in [-0.3, -0.25) is 9.59 Å². The first-order chi connectivity index (χ1) is 9.66. The van der Waals surface area contributed by atoms with Crippen LogP contribution in [-0.2, 0) is 9.59 Å². The number of fused-ring (bicyclic) bond motifs is 1. The van der Waals surface area contributed by atoms with E-state index in [4.69, 9.17) is 5.11 Å². The number of carbonyl (C=O) groups excluding carboxylic acids is 1. The van der Waals surface area contributed by atoms with Crippen molar-refractivity contribution in [3.05, 3.63) is 29.8 Å². The van der Waals surface area contributed by atoms with Crippen LogP contribution in [0.15, 0.2) is 24.3 Å². The Morgan fingerprint density at radius 2 is 1.90 bits per heavy atom. The maximum atomic E-state index is 12.6. The number of para-hydroxylation sites is 1. The quantitative estimate of drug-likeness (QED) is 0.858. The standard InChI is InChI=1S/C15H18N2O3/c18-14(17-7-5-10(6-8-17)15(19)20)12-9-16-13-4-2-1-3-11(12)13/h1-4,10,12,16H,5-9H2,(H,19,20). The summed E-state index contributed by atoms with van der Waals surface area (Å²) in [6.07, 6.45) is 1.12. The molecule has 1 fully saturated rings. The minimum Gasteiger partial charge on any atom is -0.481 e. The summed E-state index contributed by atoms with van der Waals surface area (Å²) in [5, 5.41) is 12.2. The molecule has 3 rings (SSSR count). The van der Waals surface area contributed by atoms with E-state index in [1.165, 1.54) is 0 Å². The van der Waals surface area contributed by atoms with Crippen LogP contribution in [0, 0.1) is 5.92 Å². The van der Waals surface area contributed by atoms with Crippen LogP contribution < -0.4 is 5.32 Å². The van der Waals surface area contributed by atoms with Gasteiger partial charge in [0.25, 0.3) is 0 Å². The number of hydrogen-bond donors (Lipinski definition) is 2. The van der Waals surface area contributed by atoms with Crippen molar-refractivity contribution in [2.75, 3.05) is 25.0 Å². The van der Waals surface area contributed by atoms with E-state index in [1.54, 1.807) is 0 Å². The maximum Gasteiger partial charge on any atom is 0.306 e. The van der Waals surface area contributed by atoms with E-state index >= 15 is 0 Å². The zero-order valence-electron chi connectivity index (χ0n) is 11.2. The molecule has 1 unspecified atom stereocenters. The van der Waals surface area contributed by atoms with Crippen molar-refractivity contribution >= 4 is 17.6 Å². The molecule has 0 bridgehead atoms. The van der Waals surface area contributed by atoms with Gasteiger partial charge in [0.05, 0.1) is 11.8 Å². The average molecular weight is 274 g/mol. The number of amides is 1. The van der Waals surface area contributed by atoms with E-state index in [2.05, 4.69) is 5.32 Å². The number of aliphatic carboxylic acids is 1. The van der Waals surface area contributed by atoms with Crippen LogP contribution in [0.5, 0.6) is 0 Å². The molecule has 5 heteroatoms. The Labute approximate surface area is 117 Å². The third-order valence-electron chi connectivity index (χ3n) is 4.29. The fourth-order valence-corrected chi connectivity index (χ4v) is 3.07. The predicted molar refractivity (Wildman–Crippen MR) is 74.6 cm³/mol. The Bertz CT molecular complexity index is 536. The molecular weight excluding hydrogens is 256 g/mol. The van der Waals surface area contributed by atoms with Crippen molar-refractivity contribution in [3.8, 4) is 0 Å². The SMILES string of the molecule is O=C(O)C1CCN(C(=O)C2CNc3ccccc32)CC1. The highest BCUT2D eigenvalue weighted by Crippen LogP contribution is 2.33. The number of carboxylic acids is 1. The zero-order chi connectivity index (χ0) is 14.1.